The third-order valence-electron chi connectivity index (χ3n) is 4.49. The fraction of sp³-hybridized carbons (Fsp3) is 0.389. The number of halogens is 2. The zero-order valence-corrected chi connectivity index (χ0v) is 15.6. The number of nitrogens with one attached hydrogen (secondary N) is 1. The molecule has 0 radical (unpaired) electrons. The molecule has 2 heterocycles. The monoisotopic (exact) mass is 412 g/mol. The lowest BCUT2D eigenvalue weighted by atomic mass is 9.97. The minimum atomic E-state index is -2.66. The van der Waals surface area contributed by atoms with Gasteiger partial charge in [0.2, 0.25) is 0 Å². The molecule has 2 N–H and O–H groups in total. The maximum absolute atomic E-state index is 15.6. The van der Waals surface area contributed by atoms with E-state index in [-0.39, 0.29) is 5.56 Å². The van der Waals surface area contributed by atoms with E-state index in [0.29, 0.717) is 0 Å². The van der Waals surface area contributed by atoms with E-state index in [1.807, 2.05) is 4.98 Å². The van der Waals surface area contributed by atoms with Crippen molar-refractivity contribution >= 4 is 17.6 Å². The quantitative estimate of drug-likeness (QED) is 0.566. The molecule has 1 saturated heterocycles. The Hall–Kier alpha value is -2.49. The zero-order chi connectivity index (χ0) is 20.5. The van der Waals surface area contributed by atoms with Crippen LogP contribution in [0.1, 0.15) is 29.9 Å². The topological polar surface area (TPSA) is 111 Å². The van der Waals surface area contributed by atoms with Crippen LogP contribution in [0.3, 0.4) is 0 Å². The van der Waals surface area contributed by atoms with Gasteiger partial charge in [-0.15, -0.1) is 11.6 Å². The van der Waals surface area contributed by atoms with E-state index in [1.165, 1.54) is 19.1 Å². The van der Waals surface area contributed by atoms with Crippen LogP contribution in [0.25, 0.3) is 0 Å². The number of aromatic amines is 1. The lowest BCUT2D eigenvalue weighted by Gasteiger charge is -2.30. The highest BCUT2D eigenvalue weighted by molar-refractivity contribution is 6.24. The lowest BCUT2D eigenvalue weighted by molar-refractivity contribution is -0.195. The Morgan fingerprint density at radius 3 is 2.64 bits per heavy atom. The number of rotatable bonds is 5. The Bertz CT molecular complexity index is 976. The number of alkyl halides is 2. The number of H-pyrrole nitrogens is 1. The van der Waals surface area contributed by atoms with Gasteiger partial charge in [-0.25, -0.2) is 14.0 Å². The van der Waals surface area contributed by atoms with Crippen molar-refractivity contribution in [3.8, 4) is 0 Å². The fourth-order valence-electron chi connectivity index (χ4n) is 3.15. The predicted octanol–water partition coefficient (Wildman–Crippen LogP) is 1.34. The third-order valence-corrected chi connectivity index (χ3v) is 4.87. The van der Waals surface area contributed by atoms with Crippen LogP contribution in [0, 0.1) is 0 Å². The first kappa shape index (κ1) is 20.2. The summed E-state index contributed by atoms with van der Waals surface area (Å²) < 4.78 is 27.2. The summed E-state index contributed by atoms with van der Waals surface area (Å²) in [7, 11) is 0. The molecule has 0 spiro atoms. The molecule has 1 aliphatic rings. The number of aliphatic hydroxyl groups excluding tert-OH is 1. The maximum atomic E-state index is 15.6. The molecule has 0 unspecified atom stereocenters. The van der Waals surface area contributed by atoms with Gasteiger partial charge in [-0.2, -0.15) is 0 Å². The molecule has 8 nitrogen and oxygen atoms in total. The minimum absolute atomic E-state index is 0.172. The third kappa shape index (κ3) is 3.60. The van der Waals surface area contributed by atoms with Gasteiger partial charge >= 0.3 is 11.7 Å². The molecule has 0 amide bonds. The van der Waals surface area contributed by atoms with Crippen LogP contribution in [0.15, 0.2) is 52.2 Å². The van der Waals surface area contributed by atoms with Crippen LogP contribution in [-0.4, -0.2) is 44.1 Å². The number of aliphatic hydroxyl groups is 1. The van der Waals surface area contributed by atoms with Crippen LogP contribution in [0.4, 0.5) is 4.39 Å². The first-order chi connectivity index (χ1) is 13.2. The molecule has 1 aromatic carbocycles. The normalized spacial score (nSPS) is 29.6. The number of carbonyl (C=O) groups is 1. The zero-order valence-electron chi connectivity index (χ0n) is 14.8. The van der Waals surface area contributed by atoms with Crippen molar-refractivity contribution < 1.29 is 23.8 Å². The first-order valence-electron chi connectivity index (χ1n) is 8.43. The highest BCUT2D eigenvalue weighted by Crippen LogP contribution is 2.51. The SMILES string of the molecule is C[C@]1(Cl)[C@H](n2ccc(=O)[nH]c2=O)O[C@](F)(CCO)[C@H]1OC(=O)c1ccccc1. The Morgan fingerprint density at radius 1 is 1.36 bits per heavy atom. The van der Waals surface area contributed by atoms with Gasteiger partial charge in [-0.3, -0.25) is 14.3 Å². The standard InChI is InChI=1S/C18H18ClFN2O6/c1-17(19)14(27-13(25)11-5-3-2-4-6-11)18(20,8-10-23)28-15(17)22-9-7-12(24)21-16(22)26/h2-7,9,14-15,23H,8,10H2,1H3,(H,21,24,26)/t14-,15+,17+,18+/m0/s1. The van der Waals surface area contributed by atoms with Crippen molar-refractivity contribution in [1.29, 1.82) is 0 Å². The van der Waals surface area contributed by atoms with Crippen molar-refractivity contribution in [1.82, 2.24) is 9.55 Å². The molecular weight excluding hydrogens is 395 g/mol. The van der Waals surface area contributed by atoms with Crippen LogP contribution < -0.4 is 11.2 Å². The molecule has 3 rings (SSSR count). The van der Waals surface area contributed by atoms with Gasteiger partial charge in [0.15, 0.2) is 12.3 Å². The number of carbonyl (C=O) groups excluding carboxylic acids is 1. The van der Waals surface area contributed by atoms with Crippen molar-refractivity contribution in [2.75, 3.05) is 6.61 Å². The summed E-state index contributed by atoms with van der Waals surface area (Å²) in [5.74, 6) is -3.49. The van der Waals surface area contributed by atoms with Gasteiger partial charge in [-0.05, 0) is 19.1 Å². The number of esters is 1. The van der Waals surface area contributed by atoms with Crippen molar-refractivity contribution in [3.05, 3.63) is 69.0 Å². The molecule has 1 fully saturated rings. The number of ether oxygens (including phenoxy) is 2. The average Bonchev–Trinajstić information content (AvgIpc) is 2.83. The second-order valence-corrected chi connectivity index (χ2v) is 7.36. The smallest absolute Gasteiger partial charge is 0.338 e. The molecule has 0 aliphatic carbocycles. The number of aromatic nitrogens is 2. The second kappa shape index (κ2) is 7.50. The molecule has 0 saturated carbocycles. The summed E-state index contributed by atoms with van der Waals surface area (Å²) in [6.07, 6.45) is -2.50. The van der Waals surface area contributed by atoms with Crippen LogP contribution in [0.5, 0.6) is 0 Å². The Balaban J connectivity index is 2.00. The van der Waals surface area contributed by atoms with Crippen LogP contribution >= 0.6 is 11.6 Å². The van der Waals surface area contributed by atoms with Crippen molar-refractivity contribution in [3.63, 3.8) is 0 Å². The van der Waals surface area contributed by atoms with E-state index >= 15 is 4.39 Å². The maximum Gasteiger partial charge on any atom is 0.338 e. The molecule has 28 heavy (non-hydrogen) atoms. The first-order valence-corrected chi connectivity index (χ1v) is 8.81. The van der Waals surface area contributed by atoms with Gasteiger partial charge in [0, 0.05) is 25.3 Å². The Kier molecular flexibility index (Phi) is 5.42. The largest absolute Gasteiger partial charge is 0.451 e. The van der Waals surface area contributed by atoms with E-state index in [2.05, 4.69) is 0 Å². The van der Waals surface area contributed by atoms with E-state index in [4.69, 9.17) is 21.1 Å². The minimum Gasteiger partial charge on any atom is -0.451 e. The molecule has 2 aromatic rings. The molecule has 1 aliphatic heterocycles. The van der Waals surface area contributed by atoms with Gasteiger partial charge < -0.3 is 14.6 Å². The molecule has 1 aromatic heterocycles. The highest BCUT2D eigenvalue weighted by Gasteiger charge is 2.65. The summed E-state index contributed by atoms with van der Waals surface area (Å²) in [5.41, 5.74) is -1.35. The van der Waals surface area contributed by atoms with Gasteiger partial charge in [0.05, 0.1) is 5.56 Å². The van der Waals surface area contributed by atoms with E-state index in [0.717, 1.165) is 16.8 Å². The molecule has 150 valence electrons. The highest BCUT2D eigenvalue weighted by atomic mass is 35.5. The fourth-order valence-corrected chi connectivity index (χ4v) is 3.51. The van der Waals surface area contributed by atoms with Crippen molar-refractivity contribution in [2.24, 2.45) is 0 Å². The molecule has 0 bridgehead atoms. The van der Waals surface area contributed by atoms with Gasteiger partial charge in [0.1, 0.15) is 4.87 Å². The lowest BCUT2D eigenvalue weighted by Crippen LogP contribution is -2.48. The predicted molar refractivity (Wildman–Crippen MR) is 96.9 cm³/mol. The van der Waals surface area contributed by atoms with Gasteiger partial charge in [-0.1, -0.05) is 18.2 Å². The van der Waals surface area contributed by atoms with E-state index in [9.17, 15) is 19.5 Å². The number of hydrogen-bond acceptors (Lipinski definition) is 6. The summed E-state index contributed by atoms with van der Waals surface area (Å²) in [5, 5.41) is 9.26. The number of nitrogens with zero attached hydrogens (tertiary/aromatic N) is 1. The molecule has 4 atom stereocenters. The Labute approximate surface area is 163 Å². The average molecular weight is 413 g/mol. The molecular formula is C18H18ClFN2O6. The van der Waals surface area contributed by atoms with Crippen LogP contribution in [0.2, 0.25) is 0 Å². The summed E-state index contributed by atoms with van der Waals surface area (Å²) in [4.78, 5) is 36.2. The van der Waals surface area contributed by atoms with Crippen molar-refractivity contribution in [2.45, 2.75) is 36.4 Å². The molecule has 10 heteroatoms. The number of benzene rings is 1. The Morgan fingerprint density at radius 2 is 2.04 bits per heavy atom. The summed E-state index contributed by atoms with van der Waals surface area (Å²) >= 11 is 6.52. The van der Waals surface area contributed by atoms with E-state index < -0.39 is 53.3 Å². The second-order valence-electron chi connectivity index (χ2n) is 6.55. The summed E-state index contributed by atoms with van der Waals surface area (Å²) in [6.45, 7) is 0.731. The van der Waals surface area contributed by atoms with Crippen LogP contribution in [-0.2, 0) is 9.47 Å². The van der Waals surface area contributed by atoms with Gasteiger partial charge in [0.25, 0.3) is 11.4 Å². The summed E-state index contributed by atoms with van der Waals surface area (Å²) in [6, 6.07) is 8.94. The number of hydrogen-bond donors (Lipinski definition) is 2. The van der Waals surface area contributed by atoms with E-state index in [1.54, 1.807) is 18.2 Å².